The Hall–Kier alpha value is -1.21. The minimum atomic E-state index is 0.109. The van der Waals surface area contributed by atoms with Gasteiger partial charge in [0.25, 0.3) is 0 Å². The first-order chi connectivity index (χ1) is 7.62. The van der Waals surface area contributed by atoms with E-state index in [1.54, 1.807) is 19.2 Å². The van der Waals surface area contributed by atoms with Gasteiger partial charge in [0.05, 0.1) is 29.3 Å². The SMILES string of the molecule is CCC(C)Oc1c(Br)cc(C#N)cc1OC. The largest absolute Gasteiger partial charge is 0.493 e. The molecule has 1 unspecified atom stereocenters. The maximum absolute atomic E-state index is 8.83. The van der Waals surface area contributed by atoms with Gasteiger partial charge in [-0.2, -0.15) is 5.26 Å². The third-order valence-electron chi connectivity index (χ3n) is 2.25. The first-order valence-electron chi connectivity index (χ1n) is 5.06. The Bertz CT molecular complexity index is 412. The van der Waals surface area contributed by atoms with Crippen LogP contribution < -0.4 is 9.47 Å². The van der Waals surface area contributed by atoms with Crippen molar-refractivity contribution in [2.75, 3.05) is 7.11 Å². The fourth-order valence-corrected chi connectivity index (χ4v) is 1.72. The lowest BCUT2D eigenvalue weighted by Crippen LogP contribution is -2.11. The van der Waals surface area contributed by atoms with Gasteiger partial charge >= 0.3 is 0 Å². The highest BCUT2D eigenvalue weighted by molar-refractivity contribution is 9.10. The molecule has 0 amide bonds. The second kappa shape index (κ2) is 5.76. The molecule has 4 heteroatoms. The third-order valence-corrected chi connectivity index (χ3v) is 2.84. The van der Waals surface area contributed by atoms with E-state index in [9.17, 15) is 0 Å². The number of hydrogen-bond donors (Lipinski definition) is 0. The van der Waals surface area contributed by atoms with Crippen LogP contribution in [0.3, 0.4) is 0 Å². The highest BCUT2D eigenvalue weighted by Crippen LogP contribution is 2.37. The zero-order valence-corrected chi connectivity index (χ0v) is 11.2. The summed E-state index contributed by atoms with van der Waals surface area (Å²) in [6.07, 6.45) is 1.02. The van der Waals surface area contributed by atoms with E-state index < -0.39 is 0 Å². The molecule has 3 nitrogen and oxygen atoms in total. The Kier molecular flexibility index (Phi) is 4.63. The lowest BCUT2D eigenvalue weighted by Gasteiger charge is -2.17. The van der Waals surface area contributed by atoms with Gasteiger partial charge in [0, 0.05) is 6.07 Å². The summed E-state index contributed by atoms with van der Waals surface area (Å²) < 4.78 is 11.7. The van der Waals surface area contributed by atoms with E-state index in [0.717, 1.165) is 10.9 Å². The van der Waals surface area contributed by atoms with Crippen LogP contribution in [0.25, 0.3) is 0 Å². The van der Waals surface area contributed by atoms with Crippen molar-refractivity contribution >= 4 is 15.9 Å². The summed E-state index contributed by atoms with van der Waals surface area (Å²) in [7, 11) is 1.56. The average molecular weight is 284 g/mol. The van der Waals surface area contributed by atoms with E-state index in [0.29, 0.717) is 17.1 Å². The zero-order chi connectivity index (χ0) is 12.1. The summed E-state index contributed by atoms with van der Waals surface area (Å²) in [4.78, 5) is 0. The summed E-state index contributed by atoms with van der Waals surface area (Å²) in [6.45, 7) is 4.04. The highest BCUT2D eigenvalue weighted by atomic mass is 79.9. The topological polar surface area (TPSA) is 42.2 Å². The van der Waals surface area contributed by atoms with Crippen molar-refractivity contribution in [2.24, 2.45) is 0 Å². The zero-order valence-electron chi connectivity index (χ0n) is 9.58. The number of halogens is 1. The highest BCUT2D eigenvalue weighted by Gasteiger charge is 2.13. The molecule has 0 aliphatic heterocycles. The van der Waals surface area contributed by atoms with Gasteiger partial charge in [0.2, 0.25) is 0 Å². The van der Waals surface area contributed by atoms with Crippen LogP contribution in [0.5, 0.6) is 11.5 Å². The summed E-state index contributed by atoms with van der Waals surface area (Å²) >= 11 is 3.38. The molecule has 0 aliphatic rings. The number of methoxy groups -OCH3 is 1. The van der Waals surface area contributed by atoms with Crippen LogP contribution in [0.1, 0.15) is 25.8 Å². The molecule has 0 N–H and O–H groups in total. The molecule has 0 aliphatic carbocycles. The van der Waals surface area contributed by atoms with E-state index in [1.807, 2.05) is 6.92 Å². The van der Waals surface area contributed by atoms with Crippen LogP contribution in [0.2, 0.25) is 0 Å². The van der Waals surface area contributed by atoms with E-state index in [1.165, 1.54) is 0 Å². The van der Waals surface area contributed by atoms with Crippen LogP contribution >= 0.6 is 15.9 Å². The maximum Gasteiger partial charge on any atom is 0.175 e. The van der Waals surface area contributed by atoms with Crippen molar-refractivity contribution in [3.8, 4) is 17.6 Å². The van der Waals surface area contributed by atoms with E-state index in [4.69, 9.17) is 14.7 Å². The smallest absolute Gasteiger partial charge is 0.175 e. The predicted octanol–water partition coefficient (Wildman–Crippen LogP) is 3.51. The molecular formula is C12H14BrNO2. The molecule has 0 spiro atoms. The van der Waals surface area contributed by atoms with Gasteiger partial charge in [0.15, 0.2) is 11.5 Å². The molecule has 1 aromatic rings. The number of benzene rings is 1. The second-order valence-corrected chi connectivity index (χ2v) is 4.29. The molecule has 0 bridgehead atoms. The molecule has 0 fully saturated rings. The number of nitrogens with zero attached hydrogens (tertiary/aromatic N) is 1. The van der Waals surface area contributed by atoms with E-state index in [2.05, 4.69) is 28.9 Å². The van der Waals surface area contributed by atoms with Crippen molar-refractivity contribution in [1.82, 2.24) is 0 Å². The molecule has 0 radical (unpaired) electrons. The number of rotatable bonds is 4. The van der Waals surface area contributed by atoms with E-state index in [-0.39, 0.29) is 6.10 Å². The maximum atomic E-state index is 8.83. The minimum absolute atomic E-state index is 0.109. The van der Waals surface area contributed by atoms with Crippen LogP contribution in [0.4, 0.5) is 0 Å². The van der Waals surface area contributed by atoms with Crippen LogP contribution in [0, 0.1) is 11.3 Å². The quantitative estimate of drug-likeness (QED) is 0.849. The fraction of sp³-hybridized carbons (Fsp3) is 0.417. The predicted molar refractivity (Wildman–Crippen MR) is 65.8 cm³/mol. The van der Waals surface area contributed by atoms with Gasteiger partial charge in [-0.3, -0.25) is 0 Å². The van der Waals surface area contributed by atoms with Crippen molar-refractivity contribution in [3.63, 3.8) is 0 Å². The molecule has 0 saturated carbocycles. The van der Waals surface area contributed by atoms with Crippen molar-refractivity contribution in [3.05, 3.63) is 22.2 Å². The fourth-order valence-electron chi connectivity index (χ4n) is 1.18. The monoisotopic (exact) mass is 283 g/mol. The van der Waals surface area contributed by atoms with Gasteiger partial charge < -0.3 is 9.47 Å². The van der Waals surface area contributed by atoms with Crippen molar-refractivity contribution in [2.45, 2.75) is 26.4 Å². The molecule has 0 saturated heterocycles. The van der Waals surface area contributed by atoms with Gasteiger partial charge in [-0.25, -0.2) is 0 Å². The number of nitriles is 1. The average Bonchev–Trinajstić information content (AvgIpc) is 2.30. The second-order valence-electron chi connectivity index (χ2n) is 3.44. The Morgan fingerprint density at radius 3 is 2.69 bits per heavy atom. The number of hydrogen-bond acceptors (Lipinski definition) is 3. The standard InChI is InChI=1S/C12H14BrNO2/c1-4-8(2)16-12-10(13)5-9(7-14)6-11(12)15-3/h5-6,8H,4H2,1-3H3. The Morgan fingerprint density at radius 1 is 1.50 bits per heavy atom. The molecule has 1 aromatic carbocycles. The molecule has 1 rings (SSSR count). The van der Waals surface area contributed by atoms with Gasteiger partial charge in [-0.05, 0) is 35.3 Å². The lowest BCUT2D eigenvalue weighted by atomic mass is 10.2. The van der Waals surface area contributed by atoms with Gasteiger partial charge in [-0.1, -0.05) is 6.92 Å². The Morgan fingerprint density at radius 2 is 2.19 bits per heavy atom. The minimum Gasteiger partial charge on any atom is -0.493 e. The molecule has 86 valence electrons. The summed E-state index contributed by atoms with van der Waals surface area (Å²) in [5.74, 6) is 1.22. The van der Waals surface area contributed by atoms with Crippen molar-refractivity contribution < 1.29 is 9.47 Å². The summed E-state index contributed by atoms with van der Waals surface area (Å²) in [6, 6.07) is 5.46. The molecule has 0 aromatic heterocycles. The van der Waals surface area contributed by atoms with Gasteiger partial charge in [-0.15, -0.1) is 0 Å². The van der Waals surface area contributed by atoms with Crippen LogP contribution in [0.15, 0.2) is 16.6 Å². The Labute approximate surface area is 104 Å². The van der Waals surface area contributed by atoms with Gasteiger partial charge in [0.1, 0.15) is 0 Å². The first-order valence-corrected chi connectivity index (χ1v) is 5.86. The lowest BCUT2D eigenvalue weighted by molar-refractivity contribution is 0.206. The van der Waals surface area contributed by atoms with Crippen LogP contribution in [-0.2, 0) is 0 Å². The van der Waals surface area contributed by atoms with E-state index >= 15 is 0 Å². The van der Waals surface area contributed by atoms with Crippen molar-refractivity contribution in [1.29, 1.82) is 5.26 Å². The molecule has 1 atom stereocenters. The molecule has 0 heterocycles. The first kappa shape index (κ1) is 12.9. The normalized spacial score (nSPS) is 11.7. The molecular weight excluding hydrogens is 270 g/mol. The summed E-state index contributed by atoms with van der Waals surface area (Å²) in [5.41, 5.74) is 0.542. The van der Waals surface area contributed by atoms with Crippen LogP contribution in [-0.4, -0.2) is 13.2 Å². The third kappa shape index (κ3) is 2.89. The molecule has 16 heavy (non-hydrogen) atoms. The number of ether oxygens (including phenoxy) is 2. The Balaban J connectivity index is 3.12. The summed E-state index contributed by atoms with van der Waals surface area (Å²) in [5, 5.41) is 8.83.